The molecule has 2 heterocycles. The molecule has 0 spiro atoms. The predicted molar refractivity (Wildman–Crippen MR) is 81.1 cm³/mol. The van der Waals surface area contributed by atoms with Crippen molar-refractivity contribution in [3.05, 3.63) is 55.6 Å². The Morgan fingerprint density at radius 3 is 2.13 bits per heavy atom. The lowest BCUT2D eigenvalue weighted by atomic mass is 10.1. The van der Waals surface area contributed by atoms with Crippen molar-refractivity contribution in [2.24, 2.45) is 0 Å². The summed E-state index contributed by atoms with van der Waals surface area (Å²) < 4.78 is 1.25. The molecule has 3 rings (SSSR count). The molecule has 0 saturated carbocycles. The molecule has 23 heavy (non-hydrogen) atoms. The van der Waals surface area contributed by atoms with E-state index in [9.17, 15) is 19.2 Å². The van der Waals surface area contributed by atoms with E-state index in [0.717, 1.165) is 16.2 Å². The molecule has 0 radical (unpaired) electrons. The summed E-state index contributed by atoms with van der Waals surface area (Å²) in [5, 5.41) is 0.437. The van der Waals surface area contributed by atoms with E-state index in [1.807, 2.05) is 0 Å². The van der Waals surface area contributed by atoms with Gasteiger partial charge in [0, 0.05) is 10.6 Å². The van der Waals surface area contributed by atoms with Crippen LogP contribution in [0, 0.1) is 13.8 Å². The van der Waals surface area contributed by atoms with Crippen LogP contribution in [-0.4, -0.2) is 27.4 Å². The predicted octanol–water partition coefficient (Wildman–Crippen LogP) is 1.28. The zero-order chi connectivity index (χ0) is 16.7. The lowest BCUT2D eigenvalue weighted by Crippen LogP contribution is -2.35. The SMILES string of the molecule is Cc1sc(=O)n(CC(=O)ON2C(=O)c3ccccc3C2=O)c1C. The van der Waals surface area contributed by atoms with Crippen LogP contribution in [0.4, 0.5) is 0 Å². The third kappa shape index (κ3) is 2.46. The molecule has 7 nitrogen and oxygen atoms in total. The van der Waals surface area contributed by atoms with E-state index in [1.165, 1.54) is 16.7 Å². The van der Waals surface area contributed by atoms with Crippen molar-refractivity contribution in [3.8, 4) is 0 Å². The fourth-order valence-electron chi connectivity index (χ4n) is 2.28. The molecule has 0 bridgehead atoms. The summed E-state index contributed by atoms with van der Waals surface area (Å²) >= 11 is 1.02. The minimum absolute atomic E-state index is 0.185. The van der Waals surface area contributed by atoms with E-state index in [1.54, 1.807) is 26.0 Å². The number of amides is 2. The number of benzene rings is 1. The standard InChI is InChI=1S/C15H12N2O5S/c1-8-9(2)23-15(21)16(8)7-12(18)22-17-13(19)10-5-3-4-6-11(10)14(17)20/h3-6H,7H2,1-2H3. The lowest BCUT2D eigenvalue weighted by Gasteiger charge is -2.13. The maximum atomic E-state index is 12.1. The van der Waals surface area contributed by atoms with Gasteiger partial charge in [-0.25, -0.2) is 4.79 Å². The van der Waals surface area contributed by atoms with Crippen LogP contribution in [0.5, 0.6) is 0 Å². The van der Waals surface area contributed by atoms with Gasteiger partial charge in [0.05, 0.1) is 11.1 Å². The molecular weight excluding hydrogens is 320 g/mol. The Kier molecular flexibility index (Phi) is 3.61. The molecule has 1 aromatic heterocycles. The summed E-state index contributed by atoms with van der Waals surface area (Å²) in [5.74, 6) is -2.24. The summed E-state index contributed by atoms with van der Waals surface area (Å²) in [5.41, 5.74) is 1.02. The summed E-state index contributed by atoms with van der Waals surface area (Å²) in [6.07, 6.45) is 0. The zero-order valence-corrected chi connectivity index (χ0v) is 13.2. The molecule has 0 saturated heterocycles. The van der Waals surface area contributed by atoms with Gasteiger partial charge in [-0.05, 0) is 26.0 Å². The van der Waals surface area contributed by atoms with Crippen molar-refractivity contribution >= 4 is 29.1 Å². The summed E-state index contributed by atoms with van der Waals surface area (Å²) in [6.45, 7) is 3.12. The van der Waals surface area contributed by atoms with Crippen molar-refractivity contribution in [1.29, 1.82) is 0 Å². The van der Waals surface area contributed by atoms with Crippen molar-refractivity contribution < 1.29 is 19.2 Å². The number of hydrogen-bond acceptors (Lipinski definition) is 6. The molecule has 0 unspecified atom stereocenters. The number of hydrogen-bond donors (Lipinski definition) is 0. The third-order valence-electron chi connectivity index (χ3n) is 3.61. The number of imide groups is 1. The largest absolute Gasteiger partial charge is 0.352 e. The molecule has 1 aromatic carbocycles. The van der Waals surface area contributed by atoms with Gasteiger partial charge in [0.15, 0.2) is 0 Å². The Labute approximate surface area is 134 Å². The molecule has 1 aliphatic rings. The molecule has 0 aliphatic carbocycles. The Balaban J connectivity index is 1.78. The Morgan fingerprint density at radius 2 is 1.65 bits per heavy atom. The number of fused-ring (bicyclic) bond motifs is 1. The number of thiazole rings is 1. The number of carbonyl (C=O) groups is 3. The number of hydroxylamine groups is 2. The first-order valence-electron chi connectivity index (χ1n) is 6.75. The van der Waals surface area contributed by atoms with Gasteiger partial charge in [0.2, 0.25) is 0 Å². The minimum atomic E-state index is -0.859. The molecular formula is C15H12N2O5S. The average Bonchev–Trinajstić information content (AvgIpc) is 2.90. The zero-order valence-electron chi connectivity index (χ0n) is 12.4. The van der Waals surface area contributed by atoms with Gasteiger partial charge in [0.1, 0.15) is 6.54 Å². The topological polar surface area (TPSA) is 85.7 Å². The van der Waals surface area contributed by atoms with Crippen LogP contribution in [0.15, 0.2) is 29.1 Å². The first-order valence-corrected chi connectivity index (χ1v) is 7.57. The molecule has 0 fully saturated rings. The molecule has 0 atom stereocenters. The van der Waals surface area contributed by atoms with Crippen LogP contribution in [0.3, 0.4) is 0 Å². The summed E-state index contributed by atoms with van der Waals surface area (Å²) in [6, 6.07) is 6.21. The first-order chi connectivity index (χ1) is 10.9. The van der Waals surface area contributed by atoms with Crippen molar-refractivity contribution in [2.75, 3.05) is 0 Å². The van der Waals surface area contributed by atoms with Crippen LogP contribution in [-0.2, 0) is 16.2 Å². The van der Waals surface area contributed by atoms with Gasteiger partial charge in [0.25, 0.3) is 11.8 Å². The highest BCUT2D eigenvalue weighted by Crippen LogP contribution is 2.22. The average molecular weight is 332 g/mol. The van der Waals surface area contributed by atoms with Crippen LogP contribution in [0.25, 0.3) is 0 Å². The second kappa shape index (κ2) is 5.47. The molecule has 8 heteroatoms. The summed E-state index contributed by atoms with van der Waals surface area (Å²) in [4.78, 5) is 53.3. The number of rotatable bonds is 3. The maximum absolute atomic E-state index is 12.1. The molecule has 118 valence electrons. The second-order valence-corrected chi connectivity index (χ2v) is 6.18. The number of aromatic nitrogens is 1. The number of nitrogens with zero attached hydrogens (tertiary/aromatic N) is 2. The van der Waals surface area contributed by atoms with E-state index in [2.05, 4.69) is 0 Å². The quantitative estimate of drug-likeness (QED) is 0.791. The van der Waals surface area contributed by atoms with Crippen LogP contribution < -0.4 is 4.87 Å². The van der Waals surface area contributed by atoms with Gasteiger partial charge >= 0.3 is 10.8 Å². The van der Waals surface area contributed by atoms with Crippen LogP contribution >= 0.6 is 11.3 Å². The van der Waals surface area contributed by atoms with E-state index in [-0.39, 0.29) is 22.5 Å². The fraction of sp³-hybridized carbons (Fsp3) is 0.200. The van der Waals surface area contributed by atoms with E-state index < -0.39 is 17.8 Å². The van der Waals surface area contributed by atoms with Crippen molar-refractivity contribution in [2.45, 2.75) is 20.4 Å². The Hall–Kier alpha value is -2.74. The van der Waals surface area contributed by atoms with Gasteiger partial charge in [-0.1, -0.05) is 28.5 Å². The summed E-state index contributed by atoms with van der Waals surface area (Å²) in [7, 11) is 0. The van der Waals surface area contributed by atoms with E-state index >= 15 is 0 Å². The number of aryl methyl sites for hydroxylation is 1. The monoisotopic (exact) mass is 332 g/mol. The highest BCUT2D eigenvalue weighted by Gasteiger charge is 2.38. The van der Waals surface area contributed by atoms with Gasteiger partial charge < -0.3 is 4.84 Å². The highest BCUT2D eigenvalue weighted by atomic mass is 32.1. The first kappa shape index (κ1) is 15.2. The fourth-order valence-corrected chi connectivity index (χ4v) is 3.11. The van der Waals surface area contributed by atoms with Gasteiger partial charge in [-0.15, -0.1) is 0 Å². The van der Waals surface area contributed by atoms with Crippen molar-refractivity contribution in [1.82, 2.24) is 9.63 Å². The third-order valence-corrected chi connectivity index (χ3v) is 4.61. The van der Waals surface area contributed by atoms with Crippen molar-refractivity contribution in [3.63, 3.8) is 0 Å². The van der Waals surface area contributed by atoms with Crippen LogP contribution in [0.1, 0.15) is 31.3 Å². The number of carbonyl (C=O) groups excluding carboxylic acids is 3. The second-order valence-electron chi connectivity index (χ2n) is 5.01. The smallest absolute Gasteiger partial charge is 0.328 e. The van der Waals surface area contributed by atoms with E-state index in [4.69, 9.17) is 4.84 Å². The molecule has 1 aliphatic heterocycles. The Morgan fingerprint density at radius 1 is 1.09 bits per heavy atom. The molecule has 2 amide bonds. The lowest BCUT2D eigenvalue weighted by molar-refractivity contribution is -0.169. The van der Waals surface area contributed by atoms with Crippen LogP contribution in [0.2, 0.25) is 0 Å². The molecule has 0 N–H and O–H groups in total. The van der Waals surface area contributed by atoms with Gasteiger partial charge in [-0.2, -0.15) is 0 Å². The molecule has 2 aromatic rings. The minimum Gasteiger partial charge on any atom is -0.328 e. The van der Waals surface area contributed by atoms with E-state index in [0.29, 0.717) is 10.8 Å². The van der Waals surface area contributed by atoms with Gasteiger partial charge in [-0.3, -0.25) is 19.0 Å². The highest BCUT2D eigenvalue weighted by molar-refractivity contribution is 7.09. The normalized spacial score (nSPS) is 13.4. The Bertz CT molecular complexity index is 861. The maximum Gasteiger partial charge on any atom is 0.352 e.